The number of piperazine rings is 1. The Bertz CT molecular complexity index is 567. The quantitative estimate of drug-likeness (QED) is 0.844. The van der Waals surface area contributed by atoms with Crippen molar-refractivity contribution in [3.63, 3.8) is 0 Å². The summed E-state index contributed by atoms with van der Waals surface area (Å²) in [5, 5.41) is 0. The maximum Gasteiger partial charge on any atom is 0.397 e. The number of halogens is 3. The summed E-state index contributed by atoms with van der Waals surface area (Å²) in [7, 11) is 0. The van der Waals surface area contributed by atoms with Crippen molar-refractivity contribution in [1.82, 2.24) is 9.80 Å². The topological polar surface area (TPSA) is 40.6 Å². The molecule has 24 heavy (non-hydrogen) atoms. The largest absolute Gasteiger partial charge is 0.397 e. The van der Waals surface area contributed by atoms with Crippen LogP contribution in [0.25, 0.3) is 0 Å². The first kappa shape index (κ1) is 18.3. The summed E-state index contributed by atoms with van der Waals surface area (Å²) in [6, 6.07) is 9.42. The highest BCUT2D eigenvalue weighted by Crippen LogP contribution is 2.24. The summed E-state index contributed by atoms with van der Waals surface area (Å²) >= 11 is 0. The van der Waals surface area contributed by atoms with Gasteiger partial charge in [0.05, 0.1) is 5.92 Å². The molecule has 1 saturated heterocycles. The highest BCUT2D eigenvalue weighted by atomic mass is 19.4. The maximum absolute atomic E-state index is 12.7. The zero-order valence-corrected chi connectivity index (χ0v) is 13.6. The van der Waals surface area contributed by atoms with Crippen LogP contribution in [0.5, 0.6) is 0 Å². The van der Waals surface area contributed by atoms with Crippen molar-refractivity contribution in [2.75, 3.05) is 26.2 Å². The second-order valence-electron chi connectivity index (χ2n) is 5.87. The van der Waals surface area contributed by atoms with Crippen LogP contribution in [0.15, 0.2) is 30.3 Å². The van der Waals surface area contributed by atoms with Gasteiger partial charge in [-0.3, -0.25) is 9.59 Å². The van der Waals surface area contributed by atoms with Crippen LogP contribution in [0.3, 0.4) is 0 Å². The molecule has 1 atom stereocenters. The van der Waals surface area contributed by atoms with Crippen LogP contribution < -0.4 is 0 Å². The van der Waals surface area contributed by atoms with E-state index in [1.165, 1.54) is 4.90 Å². The molecule has 0 N–H and O–H groups in total. The molecule has 4 nitrogen and oxygen atoms in total. The van der Waals surface area contributed by atoms with Gasteiger partial charge in [-0.15, -0.1) is 0 Å². The van der Waals surface area contributed by atoms with Crippen molar-refractivity contribution in [1.29, 1.82) is 0 Å². The monoisotopic (exact) mass is 342 g/mol. The second-order valence-corrected chi connectivity index (χ2v) is 5.87. The van der Waals surface area contributed by atoms with Crippen molar-refractivity contribution >= 4 is 11.8 Å². The fraction of sp³-hybridized carbons (Fsp3) is 0.529. The average Bonchev–Trinajstić information content (AvgIpc) is 2.55. The lowest BCUT2D eigenvalue weighted by molar-refractivity contribution is -0.163. The van der Waals surface area contributed by atoms with Gasteiger partial charge < -0.3 is 9.80 Å². The van der Waals surface area contributed by atoms with E-state index >= 15 is 0 Å². The van der Waals surface area contributed by atoms with E-state index in [2.05, 4.69) is 0 Å². The molecule has 0 aromatic heterocycles. The van der Waals surface area contributed by atoms with Gasteiger partial charge in [-0.1, -0.05) is 37.3 Å². The lowest BCUT2D eigenvalue weighted by atomic mass is 9.95. The molecule has 0 spiro atoms. The molecule has 132 valence electrons. The van der Waals surface area contributed by atoms with Crippen LogP contribution in [0.1, 0.15) is 31.2 Å². The molecule has 1 aromatic rings. The summed E-state index contributed by atoms with van der Waals surface area (Å²) in [5.41, 5.74) is 0.931. The minimum absolute atomic E-state index is 0.0355. The van der Waals surface area contributed by atoms with Gasteiger partial charge in [-0.2, -0.15) is 13.2 Å². The number of amides is 2. The molecule has 0 bridgehead atoms. The first-order valence-electron chi connectivity index (χ1n) is 8.00. The lowest BCUT2D eigenvalue weighted by Crippen LogP contribution is -2.52. The molecule has 7 heteroatoms. The number of alkyl halides is 3. The van der Waals surface area contributed by atoms with E-state index in [4.69, 9.17) is 0 Å². The lowest BCUT2D eigenvalue weighted by Gasteiger charge is -2.36. The third kappa shape index (κ3) is 4.72. The summed E-state index contributed by atoms with van der Waals surface area (Å²) in [6.45, 7) is 2.76. The molecule has 0 aliphatic carbocycles. The van der Waals surface area contributed by atoms with Crippen molar-refractivity contribution in [2.45, 2.75) is 31.9 Å². The molecule has 0 radical (unpaired) electrons. The molecule has 2 amide bonds. The standard InChI is InChI=1S/C17H21F3N2O2/c1-2-14(13-6-4-3-5-7-13)16(24)22-10-8-21(9-11-22)15(23)12-17(18,19)20/h3-7,14H,2,8-12H2,1H3/t14-/m1/s1. The van der Waals surface area contributed by atoms with Crippen LogP contribution in [0.4, 0.5) is 13.2 Å². The highest BCUT2D eigenvalue weighted by molar-refractivity contribution is 5.84. The number of carbonyl (C=O) groups excluding carboxylic acids is 2. The van der Waals surface area contributed by atoms with Crippen LogP contribution in [0, 0.1) is 0 Å². The molecular formula is C17H21F3N2O2. The van der Waals surface area contributed by atoms with Crippen LogP contribution >= 0.6 is 0 Å². The Kier molecular flexibility index (Phi) is 5.85. The molecular weight excluding hydrogens is 321 g/mol. The Balaban J connectivity index is 1.94. The van der Waals surface area contributed by atoms with E-state index in [-0.39, 0.29) is 38.0 Å². The van der Waals surface area contributed by atoms with Crippen LogP contribution in [-0.4, -0.2) is 54.0 Å². The number of hydrogen-bond acceptors (Lipinski definition) is 2. The van der Waals surface area contributed by atoms with E-state index in [1.807, 2.05) is 37.3 Å². The minimum atomic E-state index is -4.50. The van der Waals surface area contributed by atoms with Crippen molar-refractivity contribution in [2.24, 2.45) is 0 Å². The van der Waals surface area contributed by atoms with Gasteiger partial charge in [-0.05, 0) is 12.0 Å². The number of rotatable bonds is 4. The maximum atomic E-state index is 12.7. The molecule has 1 aromatic carbocycles. The Morgan fingerprint density at radius 1 is 1.04 bits per heavy atom. The van der Waals surface area contributed by atoms with Gasteiger partial charge in [0.1, 0.15) is 6.42 Å². The smallest absolute Gasteiger partial charge is 0.339 e. The Labute approximate surface area is 139 Å². The number of nitrogens with zero attached hydrogens (tertiary/aromatic N) is 2. The number of hydrogen-bond donors (Lipinski definition) is 0. The van der Waals surface area contributed by atoms with Gasteiger partial charge in [-0.25, -0.2) is 0 Å². The zero-order chi connectivity index (χ0) is 17.7. The molecule has 1 aliphatic rings. The van der Waals surface area contributed by atoms with E-state index < -0.39 is 18.5 Å². The second kappa shape index (κ2) is 7.68. The molecule has 1 fully saturated rings. The predicted molar refractivity (Wildman–Crippen MR) is 83.3 cm³/mol. The van der Waals surface area contributed by atoms with E-state index in [9.17, 15) is 22.8 Å². The molecule has 1 aliphatic heterocycles. The first-order valence-corrected chi connectivity index (χ1v) is 8.00. The predicted octanol–water partition coefficient (Wildman–Crippen LogP) is 2.80. The summed E-state index contributed by atoms with van der Waals surface area (Å²) < 4.78 is 36.9. The summed E-state index contributed by atoms with van der Waals surface area (Å²) in [4.78, 5) is 27.1. The van der Waals surface area contributed by atoms with Gasteiger partial charge in [0.15, 0.2) is 0 Å². The third-order valence-corrected chi connectivity index (χ3v) is 4.20. The van der Waals surface area contributed by atoms with Crippen LogP contribution in [-0.2, 0) is 9.59 Å². The van der Waals surface area contributed by atoms with Gasteiger partial charge in [0.2, 0.25) is 11.8 Å². The van der Waals surface area contributed by atoms with Gasteiger partial charge in [0, 0.05) is 26.2 Å². The van der Waals surface area contributed by atoms with E-state index in [0.717, 1.165) is 5.56 Å². The Hall–Kier alpha value is -2.05. The summed E-state index contributed by atoms with van der Waals surface area (Å²) in [5.74, 6) is -1.22. The Morgan fingerprint density at radius 3 is 2.08 bits per heavy atom. The number of benzene rings is 1. The first-order chi connectivity index (χ1) is 11.3. The van der Waals surface area contributed by atoms with Crippen molar-refractivity contribution in [3.8, 4) is 0 Å². The van der Waals surface area contributed by atoms with Gasteiger partial charge >= 0.3 is 6.18 Å². The zero-order valence-electron chi connectivity index (χ0n) is 13.6. The van der Waals surface area contributed by atoms with Gasteiger partial charge in [0.25, 0.3) is 0 Å². The Morgan fingerprint density at radius 2 is 1.58 bits per heavy atom. The molecule has 0 saturated carbocycles. The molecule has 0 unspecified atom stereocenters. The SMILES string of the molecule is CC[C@@H](C(=O)N1CCN(C(=O)CC(F)(F)F)CC1)c1ccccc1. The van der Waals surface area contributed by atoms with Crippen LogP contribution in [0.2, 0.25) is 0 Å². The number of carbonyl (C=O) groups is 2. The fourth-order valence-corrected chi connectivity index (χ4v) is 2.92. The normalized spacial score (nSPS) is 16.8. The summed E-state index contributed by atoms with van der Waals surface area (Å²) in [6.07, 6.45) is -5.29. The van der Waals surface area contributed by atoms with Crippen molar-refractivity contribution < 1.29 is 22.8 Å². The van der Waals surface area contributed by atoms with Crippen molar-refractivity contribution in [3.05, 3.63) is 35.9 Å². The molecule has 2 rings (SSSR count). The molecule has 1 heterocycles. The van der Waals surface area contributed by atoms with E-state index in [1.54, 1.807) is 4.90 Å². The average molecular weight is 342 g/mol. The third-order valence-electron chi connectivity index (χ3n) is 4.20. The minimum Gasteiger partial charge on any atom is -0.339 e. The van der Waals surface area contributed by atoms with E-state index in [0.29, 0.717) is 6.42 Å². The highest BCUT2D eigenvalue weighted by Gasteiger charge is 2.35. The fourth-order valence-electron chi connectivity index (χ4n) is 2.92.